The normalized spacial score (nSPS) is 14.0. The summed E-state index contributed by atoms with van der Waals surface area (Å²) in [6, 6.07) is 9.11. The number of ether oxygens (including phenoxy) is 1. The molecule has 28 heavy (non-hydrogen) atoms. The second-order valence-electron chi connectivity index (χ2n) is 6.63. The van der Waals surface area contributed by atoms with Crippen molar-refractivity contribution in [3.05, 3.63) is 54.9 Å². The van der Waals surface area contributed by atoms with Crippen LogP contribution in [0, 0.1) is 0 Å². The third kappa shape index (κ3) is 3.95. The van der Waals surface area contributed by atoms with Crippen molar-refractivity contribution in [2.24, 2.45) is 0 Å². The monoisotopic (exact) mass is 378 g/mol. The quantitative estimate of drug-likeness (QED) is 0.735. The summed E-state index contributed by atoms with van der Waals surface area (Å²) >= 11 is 0. The van der Waals surface area contributed by atoms with Crippen LogP contribution in [-0.2, 0) is 0 Å². The van der Waals surface area contributed by atoms with E-state index in [-0.39, 0.29) is 5.91 Å². The molecule has 1 amide bonds. The Labute approximate surface area is 163 Å². The average Bonchev–Trinajstić information content (AvgIpc) is 3.25. The van der Waals surface area contributed by atoms with Crippen LogP contribution in [0.25, 0.3) is 5.82 Å². The van der Waals surface area contributed by atoms with Gasteiger partial charge in [-0.1, -0.05) is 6.07 Å². The molecule has 0 atom stereocenters. The number of rotatable bonds is 5. The highest BCUT2D eigenvalue weighted by molar-refractivity contribution is 6.02. The van der Waals surface area contributed by atoms with E-state index >= 15 is 0 Å². The zero-order valence-corrected chi connectivity index (χ0v) is 15.7. The van der Waals surface area contributed by atoms with E-state index in [1.54, 1.807) is 42.7 Å². The molecule has 144 valence electrons. The van der Waals surface area contributed by atoms with Crippen molar-refractivity contribution in [3.63, 3.8) is 0 Å². The Hall–Kier alpha value is -3.42. The number of methoxy groups -OCH3 is 1. The Kier molecular flexibility index (Phi) is 5.18. The molecule has 3 heterocycles. The van der Waals surface area contributed by atoms with Gasteiger partial charge in [0.1, 0.15) is 35.7 Å². The first-order chi connectivity index (χ1) is 13.7. The molecule has 0 saturated carbocycles. The second-order valence-corrected chi connectivity index (χ2v) is 6.63. The lowest BCUT2D eigenvalue weighted by molar-refractivity contribution is 0.102. The smallest absolute Gasteiger partial charge is 0.275 e. The lowest BCUT2D eigenvalue weighted by atomic mass is 10.1. The maximum absolute atomic E-state index is 12.5. The lowest BCUT2D eigenvalue weighted by Gasteiger charge is -2.27. The molecule has 0 spiro atoms. The summed E-state index contributed by atoms with van der Waals surface area (Å²) in [5.74, 6) is 1.97. The fourth-order valence-corrected chi connectivity index (χ4v) is 3.24. The number of aromatic nitrogens is 4. The van der Waals surface area contributed by atoms with Crippen LogP contribution in [0.5, 0.6) is 5.75 Å². The number of benzene rings is 1. The highest BCUT2D eigenvalue weighted by Crippen LogP contribution is 2.20. The summed E-state index contributed by atoms with van der Waals surface area (Å²) in [6.07, 6.45) is 8.43. The molecule has 1 aromatic carbocycles. The molecule has 0 aliphatic carbocycles. The van der Waals surface area contributed by atoms with Crippen LogP contribution in [0.3, 0.4) is 0 Å². The Morgan fingerprint density at radius 2 is 1.89 bits per heavy atom. The molecule has 4 rings (SSSR count). The van der Waals surface area contributed by atoms with Crippen molar-refractivity contribution in [2.45, 2.75) is 19.3 Å². The van der Waals surface area contributed by atoms with Crippen molar-refractivity contribution in [1.29, 1.82) is 0 Å². The first-order valence-electron chi connectivity index (χ1n) is 9.30. The Morgan fingerprint density at radius 3 is 2.71 bits per heavy atom. The molecule has 1 saturated heterocycles. The fraction of sp³-hybridized carbons (Fsp3) is 0.300. The number of hydrogen-bond donors (Lipinski definition) is 1. The maximum Gasteiger partial charge on any atom is 0.275 e. The lowest BCUT2D eigenvalue weighted by Crippen LogP contribution is -2.30. The van der Waals surface area contributed by atoms with Gasteiger partial charge in [-0.3, -0.25) is 9.36 Å². The van der Waals surface area contributed by atoms with Gasteiger partial charge in [0, 0.05) is 37.1 Å². The van der Waals surface area contributed by atoms with Crippen LogP contribution in [0.2, 0.25) is 0 Å². The minimum absolute atomic E-state index is 0.294. The molecule has 1 N–H and O–H groups in total. The van der Waals surface area contributed by atoms with E-state index in [0.717, 1.165) is 18.9 Å². The largest absolute Gasteiger partial charge is 0.497 e. The van der Waals surface area contributed by atoms with Crippen LogP contribution in [0.1, 0.15) is 29.8 Å². The Morgan fingerprint density at radius 1 is 1.07 bits per heavy atom. The molecule has 2 aromatic heterocycles. The second kappa shape index (κ2) is 8.08. The minimum Gasteiger partial charge on any atom is -0.497 e. The summed E-state index contributed by atoms with van der Waals surface area (Å²) in [5, 5.41) is 2.83. The number of hydrogen-bond acceptors (Lipinski definition) is 6. The van der Waals surface area contributed by atoms with Crippen LogP contribution in [0.4, 0.5) is 11.5 Å². The zero-order chi connectivity index (χ0) is 19.3. The molecule has 0 bridgehead atoms. The van der Waals surface area contributed by atoms with Crippen molar-refractivity contribution in [1.82, 2.24) is 19.5 Å². The SMILES string of the molecule is COc1cccc(NC(=O)c2cn(-c3cc(N4CCCCC4)ncn3)cn2)c1. The molecular weight excluding hydrogens is 356 g/mol. The van der Waals surface area contributed by atoms with Gasteiger partial charge in [-0.05, 0) is 31.4 Å². The van der Waals surface area contributed by atoms with E-state index in [2.05, 4.69) is 25.2 Å². The number of nitrogens with one attached hydrogen (secondary N) is 1. The topological polar surface area (TPSA) is 85.2 Å². The number of carbonyl (C=O) groups is 1. The van der Waals surface area contributed by atoms with E-state index in [1.807, 2.05) is 18.2 Å². The van der Waals surface area contributed by atoms with Gasteiger partial charge in [-0.25, -0.2) is 15.0 Å². The van der Waals surface area contributed by atoms with Gasteiger partial charge in [0.15, 0.2) is 0 Å². The van der Waals surface area contributed by atoms with E-state index in [0.29, 0.717) is 22.9 Å². The van der Waals surface area contributed by atoms with E-state index in [1.165, 1.54) is 19.3 Å². The highest BCUT2D eigenvalue weighted by Gasteiger charge is 2.15. The molecule has 8 nitrogen and oxygen atoms in total. The first-order valence-corrected chi connectivity index (χ1v) is 9.30. The number of piperidine rings is 1. The summed E-state index contributed by atoms with van der Waals surface area (Å²) in [6.45, 7) is 2.02. The van der Waals surface area contributed by atoms with E-state index < -0.39 is 0 Å². The van der Waals surface area contributed by atoms with Gasteiger partial charge < -0.3 is 15.0 Å². The third-order valence-corrected chi connectivity index (χ3v) is 4.73. The number of carbonyl (C=O) groups excluding carboxylic acids is 1. The summed E-state index contributed by atoms with van der Waals surface area (Å²) in [4.78, 5) is 27.7. The predicted molar refractivity (Wildman–Crippen MR) is 106 cm³/mol. The number of nitrogens with zero attached hydrogens (tertiary/aromatic N) is 5. The number of anilines is 2. The molecule has 0 unspecified atom stereocenters. The van der Waals surface area contributed by atoms with Gasteiger partial charge in [0.25, 0.3) is 5.91 Å². The van der Waals surface area contributed by atoms with Crippen molar-refractivity contribution in [2.75, 3.05) is 30.4 Å². The molecule has 3 aromatic rings. The minimum atomic E-state index is -0.294. The first kappa shape index (κ1) is 18.0. The van der Waals surface area contributed by atoms with Gasteiger partial charge in [0.2, 0.25) is 0 Å². The zero-order valence-electron chi connectivity index (χ0n) is 15.7. The van der Waals surface area contributed by atoms with Gasteiger partial charge in [-0.2, -0.15) is 0 Å². The predicted octanol–water partition coefficient (Wildman–Crippen LogP) is 2.91. The van der Waals surface area contributed by atoms with Gasteiger partial charge in [0.05, 0.1) is 7.11 Å². The molecule has 0 radical (unpaired) electrons. The van der Waals surface area contributed by atoms with Crippen LogP contribution < -0.4 is 15.0 Å². The standard InChI is InChI=1S/C20H22N6O2/c1-28-16-7-5-6-15(10-16)24-20(27)17-12-26(14-23-17)19-11-18(21-13-22-19)25-8-3-2-4-9-25/h5-7,10-14H,2-4,8-9H2,1H3,(H,24,27). The number of amides is 1. The van der Waals surface area contributed by atoms with Gasteiger partial charge in [-0.15, -0.1) is 0 Å². The average molecular weight is 378 g/mol. The Balaban J connectivity index is 1.50. The fourth-order valence-electron chi connectivity index (χ4n) is 3.24. The highest BCUT2D eigenvalue weighted by atomic mass is 16.5. The number of imidazole rings is 1. The van der Waals surface area contributed by atoms with Gasteiger partial charge >= 0.3 is 0 Å². The van der Waals surface area contributed by atoms with Crippen LogP contribution in [-0.4, -0.2) is 45.6 Å². The summed E-state index contributed by atoms with van der Waals surface area (Å²) < 4.78 is 6.91. The van der Waals surface area contributed by atoms with Crippen molar-refractivity contribution < 1.29 is 9.53 Å². The van der Waals surface area contributed by atoms with Crippen molar-refractivity contribution >= 4 is 17.4 Å². The van der Waals surface area contributed by atoms with Crippen LogP contribution >= 0.6 is 0 Å². The maximum atomic E-state index is 12.5. The molecular formula is C20H22N6O2. The van der Waals surface area contributed by atoms with E-state index in [9.17, 15) is 4.79 Å². The van der Waals surface area contributed by atoms with E-state index in [4.69, 9.17) is 4.74 Å². The molecule has 1 fully saturated rings. The summed E-state index contributed by atoms with van der Waals surface area (Å²) in [7, 11) is 1.59. The van der Waals surface area contributed by atoms with Crippen molar-refractivity contribution in [3.8, 4) is 11.6 Å². The molecule has 1 aliphatic rings. The summed E-state index contributed by atoms with van der Waals surface area (Å²) in [5.41, 5.74) is 0.953. The van der Waals surface area contributed by atoms with Crippen LogP contribution in [0.15, 0.2) is 49.2 Å². The Bertz CT molecular complexity index is 965. The molecule has 8 heteroatoms. The molecule has 1 aliphatic heterocycles. The third-order valence-electron chi connectivity index (χ3n) is 4.73.